The monoisotopic (exact) mass is 414 g/mol. The van der Waals surface area contributed by atoms with E-state index in [1.54, 1.807) is 12.3 Å². The highest BCUT2D eigenvalue weighted by atomic mass is 16.2. The van der Waals surface area contributed by atoms with Gasteiger partial charge in [-0.05, 0) is 44.2 Å². The van der Waals surface area contributed by atoms with Crippen LogP contribution in [0.1, 0.15) is 52.0 Å². The van der Waals surface area contributed by atoms with Gasteiger partial charge in [0.2, 0.25) is 17.7 Å². The van der Waals surface area contributed by atoms with Gasteiger partial charge in [-0.25, -0.2) is 4.98 Å². The van der Waals surface area contributed by atoms with E-state index in [1.807, 2.05) is 43.6 Å². The van der Waals surface area contributed by atoms with Gasteiger partial charge < -0.3 is 15.1 Å². The maximum absolute atomic E-state index is 13.0. The predicted molar refractivity (Wildman–Crippen MR) is 116 cm³/mol. The summed E-state index contributed by atoms with van der Waals surface area (Å²) in [7, 11) is 0. The van der Waals surface area contributed by atoms with Crippen LogP contribution in [0, 0.1) is 24.2 Å². The lowest BCUT2D eigenvalue weighted by Crippen LogP contribution is -2.51. The summed E-state index contributed by atoms with van der Waals surface area (Å²) in [4.78, 5) is 46.1. The molecule has 164 valence electrons. The molecule has 30 heavy (non-hydrogen) atoms. The summed E-state index contributed by atoms with van der Waals surface area (Å²) in [5.74, 6) is 0.531. The number of nitrogens with one attached hydrogen (secondary N) is 1. The fraction of sp³-hybridized carbons (Fsp3) is 0.652. The Bertz CT molecular complexity index is 777. The Hall–Kier alpha value is -2.44. The molecular weight excluding hydrogens is 380 g/mol. The molecule has 3 rings (SSSR count). The number of likely N-dealkylation sites (tertiary alicyclic amines) is 2. The number of carbonyl (C=O) groups excluding carboxylic acids is 3. The minimum absolute atomic E-state index is 0.0296. The van der Waals surface area contributed by atoms with Gasteiger partial charge in [0.25, 0.3) is 0 Å². The van der Waals surface area contributed by atoms with Crippen LogP contribution < -0.4 is 5.32 Å². The van der Waals surface area contributed by atoms with Crippen molar-refractivity contribution in [3.05, 3.63) is 23.9 Å². The van der Waals surface area contributed by atoms with E-state index in [1.165, 1.54) is 0 Å². The molecule has 2 aliphatic heterocycles. The molecule has 2 saturated heterocycles. The second-order valence-electron chi connectivity index (χ2n) is 9.65. The van der Waals surface area contributed by atoms with Gasteiger partial charge >= 0.3 is 0 Å². The summed E-state index contributed by atoms with van der Waals surface area (Å²) in [6, 6.07) is 3.72. The van der Waals surface area contributed by atoms with E-state index in [-0.39, 0.29) is 29.6 Å². The summed E-state index contributed by atoms with van der Waals surface area (Å²) < 4.78 is 0. The van der Waals surface area contributed by atoms with Crippen LogP contribution in [0.4, 0.5) is 5.82 Å². The summed E-state index contributed by atoms with van der Waals surface area (Å²) in [6.07, 6.45) is 4.73. The molecule has 0 radical (unpaired) electrons. The quantitative estimate of drug-likeness (QED) is 0.824. The first-order valence-corrected chi connectivity index (χ1v) is 11.0. The lowest BCUT2D eigenvalue weighted by Gasteiger charge is -2.39. The van der Waals surface area contributed by atoms with Crippen molar-refractivity contribution >= 4 is 23.5 Å². The van der Waals surface area contributed by atoms with Gasteiger partial charge in [0, 0.05) is 43.7 Å². The molecule has 0 aromatic carbocycles. The number of carbonyl (C=O) groups is 3. The molecule has 7 heteroatoms. The van der Waals surface area contributed by atoms with Crippen molar-refractivity contribution in [2.75, 3.05) is 31.5 Å². The highest BCUT2D eigenvalue weighted by Crippen LogP contribution is 2.26. The van der Waals surface area contributed by atoms with Gasteiger partial charge in [-0.2, -0.15) is 0 Å². The van der Waals surface area contributed by atoms with Gasteiger partial charge in [-0.3, -0.25) is 14.4 Å². The average Bonchev–Trinajstić information content (AvgIpc) is 2.74. The Morgan fingerprint density at radius 3 is 2.30 bits per heavy atom. The third-order valence-electron chi connectivity index (χ3n) is 6.04. The molecule has 1 aromatic rings. The van der Waals surface area contributed by atoms with Crippen molar-refractivity contribution in [3.8, 4) is 0 Å². The number of piperidine rings is 2. The van der Waals surface area contributed by atoms with E-state index in [2.05, 4.69) is 10.3 Å². The van der Waals surface area contributed by atoms with E-state index >= 15 is 0 Å². The maximum Gasteiger partial charge on any atom is 0.228 e. The highest BCUT2D eigenvalue weighted by Gasteiger charge is 2.36. The largest absolute Gasteiger partial charge is 0.342 e. The van der Waals surface area contributed by atoms with E-state index in [4.69, 9.17) is 0 Å². The zero-order valence-electron chi connectivity index (χ0n) is 18.6. The minimum Gasteiger partial charge on any atom is -0.342 e. The zero-order valence-corrected chi connectivity index (χ0v) is 18.6. The summed E-state index contributed by atoms with van der Waals surface area (Å²) in [6.45, 7) is 10.1. The number of pyridine rings is 1. The third-order valence-corrected chi connectivity index (χ3v) is 6.04. The maximum atomic E-state index is 13.0. The Balaban J connectivity index is 1.50. The second-order valence-corrected chi connectivity index (χ2v) is 9.65. The number of nitrogens with zero attached hydrogens (tertiary/aromatic N) is 3. The Labute approximate surface area is 179 Å². The SMILES string of the molecule is Cc1ccc(NC(=O)C2CCN(C(=O)C3CCCN(C(=O)C(C)(C)C)C3)CC2)nc1. The minimum atomic E-state index is -0.428. The van der Waals surface area contributed by atoms with Gasteiger partial charge in [0.15, 0.2) is 0 Å². The fourth-order valence-corrected chi connectivity index (χ4v) is 4.23. The fourth-order valence-electron chi connectivity index (χ4n) is 4.23. The Kier molecular flexibility index (Phi) is 6.78. The molecule has 0 spiro atoms. The first-order valence-electron chi connectivity index (χ1n) is 11.0. The molecule has 2 fully saturated rings. The number of anilines is 1. The summed E-state index contributed by atoms with van der Waals surface area (Å²) >= 11 is 0. The molecule has 3 amide bonds. The summed E-state index contributed by atoms with van der Waals surface area (Å²) in [5.41, 5.74) is 0.619. The second kappa shape index (κ2) is 9.14. The van der Waals surface area contributed by atoms with Crippen LogP contribution in [0.15, 0.2) is 18.3 Å². The van der Waals surface area contributed by atoms with Crippen LogP contribution in [0.25, 0.3) is 0 Å². The van der Waals surface area contributed by atoms with Crippen molar-refractivity contribution in [1.29, 1.82) is 0 Å². The topological polar surface area (TPSA) is 82.6 Å². The molecule has 0 aliphatic carbocycles. The van der Waals surface area contributed by atoms with Gasteiger partial charge in [-0.15, -0.1) is 0 Å². The predicted octanol–water partition coefficient (Wildman–Crippen LogP) is 2.85. The van der Waals surface area contributed by atoms with Crippen LogP contribution in [0.2, 0.25) is 0 Å². The Morgan fingerprint density at radius 1 is 1.00 bits per heavy atom. The van der Waals surface area contributed by atoms with Crippen LogP contribution in [-0.2, 0) is 14.4 Å². The normalized spacial score (nSPS) is 20.7. The molecule has 1 N–H and O–H groups in total. The number of hydrogen-bond donors (Lipinski definition) is 1. The van der Waals surface area contributed by atoms with Crippen LogP contribution in [0.3, 0.4) is 0 Å². The molecule has 1 unspecified atom stereocenters. The van der Waals surface area contributed by atoms with E-state index in [0.717, 1.165) is 24.9 Å². The van der Waals surface area contributed by atoms with Crippen LogP contribution >= 0.6 is 0 Å². The molecule has 1 aromatic heterocycles. The van der Waals surface area contributed by atoms with Gasteiger partial charge in [0.1, 0.15) is 5.82 Å². The molecule has 1 atom stereocenters. The molecule has 3 heterocycles. The van der Waals surface area contributed by atoms with Crippen LogP contribution in [-0.4, -0.2) is 58.7 Å². The standard InChI is InChI=1S/C23H34N4O3/c1-16-7-8-19(24-14-16)25-20(28)17-9-12-26(13-10-17)21(29)18-6-5-11-27(15-18)22(30)23(2,3)4/h7-8,14,17-18H,5-6,9-13,15H2,1-4H3,(H,24,25,28). The van der Waals surface area contributed by atoms with Crippen molar-refractivity contribution in [1.82, 2.24) is 14.8 Å². The first-order chi connectivity index (χ1) is 14.1. The third kappa shape index (κ3) is 5.37. The summed E-state index contributed by atoms with van der Waals surface area (Å²) in [5, 5.41) is 2.88. The first kappa shape index (κ1) is 22.2. The molecular formula is C23H34N4O3. The lowest BCUT2D eigenvalue weighted by molar-refractivity contribution is -0.146. The number of amides is 3. The van der Waals surface area contributed by atoms with Crippen molar-refractivity contribution in [2.45, 2.75) is 53.4 Å². The van der Waals surface area contributed by atoms with Gasteiger partial charge in [0.05, 0.1) is 5.92 Å². The van der Waals surface area contributed by atoms with Crippen molar-refractivity contribution in [2.24, 2.45) is 17.3 Å². The highest BCUT2D eigenvalue weighted by molar-refractivity contribution is 5.92. The molecule has 2 aliphatic rings. The number of rotatable bonds is 3. The zero-order chi connectivity index (χ0) is 21.9. The van der Waals surface area contributed by atoms with Crippen LogP contribution in [0.5, 0.6) is 0 Å². The number of aryl methyl sites for hydroxylation is 1. The number of aromatic nitrogens is 1. The number of hydrogen-bond acceptors (Lipinski definition) is 4. The van der Waals surface area contributed by atoms with E-state index in [0.29, 0.717) is 38.3 Å². The average molecular weight is 415 g/mol. The smallest absolute Gasteiger partial charge is 0.228 e. The lowest BCUT2D eigenvalue weighted by atomic mass is 9.89. The van der Waals surface area contributed by atoms with Gasteiger partial charge in [-0.1, -0.05) is 26.8 Å². The molecule has 7 nitrogen and oxygen atoms in total. The van der Waals surface area contributed by atoms with E-state index in [9.17, 15) is 14.4 Å². The van der Waals surface area contributed by atoms with Crippen molar-refractivity contribution < 1.29 is 14.4 Å². The van der Waals surface area contributed by atoms with E-state index < -0.39 is 5.41 Å². The van der Waals surface area contributed by atoms with Crippen molar-refractivity contribution in [3.63, 3.8) is 0 Å². The molecule has 0 saturated carbocycles. The Morgan fingerprint density at radius 2 is 1.70 bits per heavy atom. The molecule has 0 bridgehead atoms.